The van der Waals surface area contributed by atoms with E-state index in [2.05, 4.69) is 15.8 Å². The van der Waals surface area contributed by atoms with E-state index in [0.29, 0.717) is 5.76 Å². The van der Waals surface area contributed by atoms with E-state index in [9.17, 15) is 14.0 Å². The van der Waals surface area contributed by atoms with Crippen molar-refractivity contribution in [3.63, 3.8) is 0 Å². The lowest BCUT2D eigenvalue weighted by Gasteiger charge is -2.04. The van der Waals surface area contributed by atoms with Crippen LogP contribution in [-0.4, -0.2) is 17.0 Å². The van der Waals surface area contributed by atoms with Crippen molar-refractivity contribution in [2.75, 3.05) is 10.6 Å². The predicted octanol–water partition coefficient (Wildman–Crippen LogP) is 1.70. The largest absolute Gasteiger partial charge is 0.360 e. The number of nitrogens with zero attached hydrogens (tertiary/aromatic N) is 1. The molecule has 0 spiro atoms. The smallest absolute Gasteiger partial charge is 0.315 e. The summed E-state index contributed by atoms with van der Waals surface area (Å²) < 4.78 is 17.6. The normalized spacial score (nSPS) is 10.0. The van der Waals surface area contributed by atoms with Crippen molar-refractivity contribution in [3.8, 4) is 0 Å². The Morgan fingerprint density at radius 2 is 1.95 bits per heavy atom. The highest BCUT2D eigenvalue weighted by Crippen LogP contribution is 2.10. The van der Waals surface area contributed by atoms with E-state index in [1.54, 1.807) is 6.92 Å². The van der Waals surface area contributed by atoms with Crippen molar-refractivity contribution < 1.29 is 18.5 Å². The summed E-state index contributed by atoms with van der Waals surface area (Å²) in [5.41, 5.74) is 0.191. The van der Waals surface area contributed by atoms with Crippen LogP contribution in [0.1, 0.15) is 5.76 Å². The lowest BCUT2D eigenvalue weighted by atomic mass is 10.3. The third-order valence-electron chi connectivity index (χ3n) is 2.16. The van der Waals surface area contributed by atoms with Crippen molar-refractivity contribution in [1.29, 1.82) is 0 Å². The molecule has 19 heavy (non-hydrogen) atoms. The van der Waals surface area contributed by atoms with Gasteiger partial charge in [0.2, 0.25) is 0 Å². The van der Waals surface area contributed by atoms with E-state index < -0.39 is 17.6 Å². The van der Waals surface area contributed by atoms with Gasteiger partial charge < -0.3 is 9.84 Å². The van der Waals surface area contributed by atoms with Crippen molar-refractivity contribution in [2.24, 2.45) is 0 Å². The number of carbonyl (C=O) groups is 2. The van der Waals surface area contributed by atoms with Crippen LogP contribution in [0.3, 0.4) is 0 Å². The molecule has 1 heterocycles. The van der Waals surface area contributed by atoms with E-state index in [1.165, 1.54) is 24.3 Å². The summed E-state index contributed by atoms with van der Waals surface area (Å²) in [6.45, 7) is 1.65. The number of benzene rings is 1. The van der Waals surface area contributed by atoms with Gasteiger partial charge in [0.25, 0.3) is 0 Å². The van der Waals surface area contributed by atoms with Crippen LogP contribution < -0.4 is 10.6 Å². The van der Waals surface area contributed by atoms with E-state index in [-0.39, 0.29) is 11.5 Å². The quantitative estimate of drug-likeness (QED) is 0.808. The summed E-state index contributed by atoms with van der Waals surface area (Å²) in [4.78, 5) is 23.0. The molecule has 0 aliphatic rings. The number of nitrogens with one attached hydrogen (secondary N) is 2. The van der Waals surface area contributed by atoms with Crippen molar-refractivity contribution in [1.82, 2.24) is 5.16 Å². The molecule has 7 heteroatoms. The monoisotopic (exact) mass is 263 g/mol. The molecule has 2 rings (SSSR count). The zero-order chi connectivity index (χ0) is 13.8. The molecular weight excluding hydrogens is 253 g/mol. The van der Waals surface area contributed by atoms with E-state index in [4.69, 9.17) is 4.52 Å². The minimum atomic E-state index is -0.925. The lowest BCUT2D eigenvalue weighted by Crippen LogP contribution is -2.29. The van der Waals surface area contributed by atoms with Crippen molar-refractivity contribution >= 4 is 23.3 Å². The first-order valence-corrected chi connectivity index (χ1v) is 5.36. The summed E-state index contributed by atoms with van der Waals surface area (Å²) in [5.74, 6) is -1.72. The van der Waals surface area contributed by atoms with Gasteiger partial charge in [0, 0.05) is 11.8 Å². The number of hydrogen-bond acceptors (Lipinski definition) is 4. The fourth-order valence-electron chi connectivity index (χ4n) is 1.35. The molecule has 0 radical (unpaired) electrons. The molecule has 0 saturated heterocycles. The Morgan fingerprint density at radius 1 is 1.21 bits per heavy atom. The van der Waals surface area contributed by atoms with E-state index in [1.807, 2.05) is 0 Å². The highest BCUT2D eigenvalue weighted by molar-refractivity contribution is 6.43. The van der Waals surface area contributed by atoms with Gasteiger partial charge in [-0.1, -0.05) is 11.2 Å². The van der Waals surface area contributed by atoms with Crippen LogP contribution in [0, 0.1) is 12.7 Å². The first-order valence-electron chi connectivity index (χ1n) is 5.36. The van der Waals surface area contributed by atoms with Gasteiger partial charge in [0.15, 0.2) is 5.82 Å². The second-order valence-electron chi connectivity index (χ2n) is 3.74. The third-order valence-corrected chi connectivity index (χ3v) is 2.16. The molecule has 0 atom stereocenters. The molecule has 1 aromatic heterocycles. The second-order valence-corrected chi connectivity index (χ2v) is 3.74. The number of hydrogen-bond donors (Lipinski definition) is 2. The van der Waals surface area contributed by atoms with Gasteiger partial charge in [-0.2, -0.15) is 0 Å². The number of halogens is 1. The number of aryl methyl sites for hydroxylation is 1. The molecule has 0 aliphatic heterocycles. The molecule has 98 valence electrons. The summed E-state index contributed by atoms with van der Waals surface area (Å²) in [6, 6.07) is 6.69. The highest BCUT2D eigenvalue weighted by atomic mass is 19.1. The first kappa shape index (κ1) is 12.7. The summed E-state index contributed by atoms with van der Waals surface area (Å²) in [5, 5.41) is 8.02. The van der Waals surface area contributed by atoms with Crippen LogP contribution in [0.15, 0.2) is 34.9 Å². The maximum Gasteiger partial charge on any atom is 0.315 e. The van der Waals surface area contributed by atoms with Crippen molar-refractivity contribution in [3.05, 3.63) is 41.9 Å². The Kier molecular flexibility index (Phi) is 3.56. The molecule has 0 bridgehead atoms. The summed E-state index contributed by atoms with van der Waals surface area (Å²) in [7, 11) is 0. The minimum Gasteiger partial charge on any atom is -0.360 e. The Labute approximate surface area is 107 Å². The SMILES string of the molecule is Cc1cc(NC(=O)C(=O)Nc2cccc(F)c2)no1. The molecule has 2 amide bonds. The topological polar surface area (TPSA) is 84.2 Å². The van der Waals surface area contributed by atoms with Crippen LogP contribution in [0.2, 0.25) is 0 Å². The Balaban J connectivity index is 1.98. The molecule has 1 aromatic carbocycles. The molecule has 0 fully saturated rings. The van der Waals surface area contributed by atoms with Crippen LogP contribution in [0.5, 0.6) is 0 Å². The van der Waals surface area contributed by atoms with Gasteiger partial charge >= 0.3 is 11.8 Å². The predicted molar refractivity (Wildman–Crippen MR) is 64.9 cm³/mol. The molecule has 0 aliphatic carbocycles. The zero-order valence-electron chi connectivity index (χ0n) is 9.94. The molecule has 2 aromatic rings. The van der Waals surface area contributed by atoms with Crippen LogP contribution in [0.25, 0.3) is 0 Å². The Morgan fingerprint density at radius 3 is 2.58 bits per heavy atom. The fraction of sp³-hybridized carbons (Fsp3) is 0.0833. The standard InChI is InChI=1S/C12H10FN3O3/c1-7-5-10(16-19-7)15-12(18)11(17)14-9-4-2-3-8(13)6-9/h2-6H,1H3,(H,14,17)(H,15,16,18). The van der Waals surface area contributed by atoms with E-state index >= 15 is 0 Å². The maximum atomic E-state index is 12.9. The number of carbonyl (C=O) groups excluding carboxylic acids is 2. The van der Waals surface area contributed by atoms with Gasteiger partial charge in [-0.3, -0.25) is 14.9 Å². The Bertz CT molecular complexity index is 624. The second kappa shape index (κ2) is 5.30. The fourth-order valence-corrected chi connectivity index (χ4v) is 1.35. The minimum absolute atomic E-state index is 0.136. The number of anilines is 2. The van der Waals surface area contributed by atoms with E-state index in [0.717, 1.165) is 6.07 Å². The van der Waals surface area contributed by atoms with Gasteiger partial charge in [-0.25, -0.2) is 4.39 Å². The van der Waals surface area contributed by atoms with Gasteiger partial charge in [0.1, 0.15) is 11.6 Å². The van der Waals surface area contributed by atoms with Gasteiger partial charge in [0.05, 0.1) is 0 Å². The van der Waals surface area contributed by atoms with Crippen LogP contribution >= 0.6 is 0 Å². The average Bonchev–Trinajstić information content (AvgIpc) is 2.74. The number of rotatable bonds is 2. The van der Waals surface area contributed by atoms with Crippen molar-refractivity contribution in [2.45, 2.75) is 6.92 Å². The first-order chi connectivity index (χ1) is 9.04. The number of amides is 2. The molecule has 0 saturated carbocycles. The summed E-state index contributed by atoms with van der Waals surface area (Å²) >= 11 is 0. The summed E-state index contributed by atoms with van der Waals surface area (Å²) in [6.07, 6.45) is 0. The third kappa shape index (κ3) is 3.38. The van der Waals surface area contributed by atoms with Gasteiger partial charge in [-0.15, -0.1) is 0 Å². The molecule has 6 nitrogen and oxygen atoms in total. The molecular formula is C12H10FN3O3. The van der Waals surface area contributed by atoms with Crippen LogP contribution in [0.4, 0.5) is 15.9 Å². The number of aromatic nitrogens is 1. The zero-order valence-corrected chi connectivity index (χ0v) is 9.94. The average molecular weight is 263 g/mol. The lowest BCUT2D eigenvalue weighted by molar-refractivity contribution is -0.133. The highest BCUT2D eigenvalue weighted by Gasteiger charge is 2.15. The maximum absolute atomic E-state index is 12.9. The molecule has 2 N–H and O–H groups in total. The van der Waals surface area contributed by atoms with Gasteiger partial charge in [-0.05, 0) is 25.1 Å². The Hall–Kier alpha value is -2.70. The molecule has 0 unspecified atom stereocenters. The van der Waals surface area contributed by atoms with Crippen LogP contribution in [-0.2, 0) is 9.59 Å².